The van der Waals surface area contributed by atoms with E-state index in [-0.39, 0.29) is 32.3 Å². The summed E-state index contributed by atoms with van der Waals surface area (Å²) in [5.41, 5.74) is 0.853. The van der Waals surface area contributed by atoms with Gasteiger partial charge in [0, 0.05) is 24.3 Å². The summed E-state index contributed by atoms with van der Waals surface area (Å²) in [7, 11) is -8.55. The largest absolute Gasteiger partial charge is 0.280 e. The maximum Gasteiger partial charge on any atom is 0.270 e. The number of sulfonamides is 2. The van der Waals surface area contributed by atoms with Gasteiger partial charge in [0.15, 0.2) is 0 Å². The number of hydrogen-bond acceptors (Lipinski definition) is 8. The first-order valence-electron chi connectivity index (χ1n) is 10.3. The van der Waals surface area contributed by atoms with E-state index in [9.17, 15) is 37.1 Å². The van der Waals surface area contributed by atoms with E-state index in [1.807, 2.05) is 0 Å². The van der Waals surface area contributed by atoms with Crippen molar-refractivity contribution in [2.75, 3.05) is 9.44 Å². The molecule has 0 aliphatic heterocycles. The van der Waals surface area contributed by atoms with Crippen molar-refractivity contribution in [3.63, 3.8) is 0 Å². The van der Waals surface area contributed by atoms with Crippen LogP contribution < -0.4 is 9.44 Å². The zero-order chi connectivity index (χ0) is 27.0. The van der Waals surface area contributed by atoms with Crippen molar-refractivity contribution >= 4 is 42.8 Å². The van der Waals surface area contributed by atoms with Gasteiger partial charge in [-0.05, 0) is 62.1 Å². The summed E-state index contributed by atoms with van der Waals surface area (Å²) >= 11 is 0. The second-order valence-corrected chi connectivity index (χ2v) is 11.4. The maximum atomic E-state index is 13.1. The average Bonchev–Trinajstić information content (AvgIpc) is 2.76. The summed E-state index contributed by atoms with van der Waals surface area (Å²) in [5.74, 6) is 0. The molecule has 0 bridgehead atoms. The average molecular weight is 535 g/mol. The summed E-state index contributed by atoms with van der Waals surface area (Å²) in [6, 6.07) is 9.63. The molecule has 3 rings (SSSR count). The van der Waals surface area contributed by atoms with E-state index >= 15 is 0 Å². The summed E-state index contributed by atoms with van der Waals surface area (Å²) in [5, 5.41) is 22.2. The Morgan fingerprint density at radius 2 is 1.08 bits per heavy atom. The van der Waals surface area contributed by atoms with Gasteiger partial charge in [-0.3, -0.25) is 29.7 Å². The highest BCUT2D eigenvalue weighted by atomic mass is 32.2. The molecule has 0 radical (unpaired) electrons. The lowest BCUT2D eigenvalue weighted by Gasteiger charge is -2.17. The van der Waals surface area contributed by atoms with Crippen LogP contribution in [0.15, 0.2) is 58.3 Å². The van der Waals surface area contributed by atoms with Gasteiger partial charge in [0.05, 0.1) is 31.0 Å². The minimum absolute atomic E-state index is 0.0115. The summed E-state index contributed by atoms with van der Waals surface area (Å²) in [6.07, 6.45) is 0. The Hall–Kier alpha value is -4.04. The summed E-state index contributed by atoms with van der Waals surface area (Å²) in [6.45, 7) is 6.24. The lowest BCUT2D eigenvalue weighted by Crippen LogP contribution is -2.17. The van der Waals surface area contributed by atoms with Gasteiger partial charge in [0.25, 0.3) is 31.4 Å². The first kappa shape index (κ1) is 26.6. The van der Waals surface area contributed by atoms with Crippen molar-refractivity contribution in [3.8, 4) is 0 Å². The van der Waals surface area contributed by atoms with E-state index in [2.05, 4.69) is 9.44 Å². The molecule has 0 heterocycles. The van der Waals surface area contributed by atoms with Crippen LogP contribution in [0.25, 0.3) is 0 Å². The molecule has 0 aromatic heterocycles. The number of anilines is 2. The normalized spacial score (nSPS) is 11.7. The Bertz CT molecular complexity index is 1620. The molecule has 0 saturated carbocycles. The Morgan fingerprint density at radius 1 is 0.639 bits per heavy atom. The van der Waals surface area contributed by atoms with Crippen LogP contribution in [0, 0.1) is 47.9 Å². The molecule has 0 unspecified atom stereocenters. The van der Waals surface area contributed by atoms with Crippen molar-refractivity contribution in [1.82, 2.24) is 0 Å². The predicted octanol–water partition coefficient (Wildman–Crippen LogP) is 4.34. The Balaban J connectivity index is 2.03. The highest BCUT2D eigenvalue weighted by molar-refractivity contribution is 7.93. The fourth-order valence-electron chi connectivity index (χ4n) is 3.42. The molecule has 36 heavy (non-hydrogen) atoms. The molecule has 0 aliphatic rings. The van der Waals surface area contributed by atoms with Crippen molar-refractivity contribution in [2.45, 2.75) is 37.5 Å². The number of hydrogen-bond donors (Lipinski definition) is 2. The maximum absolute atomic E-state index is 13.1. The van der Waals surface area contributed by atoms with Gasteiger partial charge in [-0.2, -0.15) is 0 Å². The standard InChI is InChI=1S/C22H22N4O8S2/c1-13-5-7-18(25(27)28)11-21(13)35(31,32)23-17-9-15(3)16(4)20(10-17)24-36(33,34)22-12-19(26(29)30)8-6-14(22)2/h5-12,23-24H,1-4H3. The fraction of sp³-hybridized carbons (Fsp3) is 0.182. The monoisotopic (exact) mass is 534 g/mol. The first-order chi connectivity index (χ1) is 16.6. The number of nitro benzene ring substituents is 2. The molecule has 2 N–H and O–H groups in total. The van der Waals surface area contributed by atoms with Crippen LogP contribution in [0.2, 0.25) is 0 Å². The van der Waals surface area contributed by atoms with E-state index in [0.29, 0.717) is 11.1 Å². The van der Waals surface area contributed by atoms with Crippen LogP contribution in [0.5, 0.6) is 0 Å². The third kappa shape index (κ3) is 5.44. The highest BCUT2D eigenvalue weighted by Gasteiger charge is 2.24. The van der Waals surface area contributed by atoms with Gasteiger partial charge in [0.1, 0.15) is 0 Å². The fourth-order valence-corrected chi connectivity index (χ4v) is 6.10. The van der Waals surface area contributed by atoms with Crippen LogP contribution >= 0.6 is 0 Å². The summed E-state index contributed by atoms with van der Waals surface area (Å²) < 4.78 is 56.9. The Morgan fingerprint density at radius 3 is 1.53 bits per heavy atom. The second-order valence-electron chi connectivity index (χ2n) is 8.09. The Kier molecular flexibility index (Phi) is 7.04. The number of aryl methyl sites for hydroxylation is 3. The van der Waals surface area contributed by atoms with Gasteiger partial charge >= 0.3 is 0 Å². The van der Waals surface area contributed by atoms with Crippen LogP contribution in [0.3, 0.4) is 0 Å². The third-order valence-corrected chi connectivity index (χ3v) is 8.54. The van der Waals surface area contributed by atoms with Gasteiger partial charge in [0.2, 0.25) is 0 Å². The lowest BCUT2D eigenvalue weighted by atomic mass is 10.1. The number of nitrogens with one attached hydrogen (secondary N) is 2. The van der Waals surface area contributed by atoms with E-state index < -0.39 is 41.3 Å². The SMILES string of the molecule is Cc1ccc([N+](=O)[O-])cc1S(=O)(=O)Nc1cc(C)c(C)c(NS(=O)(=O)c2cc([N+](=O)[O-])ccc2C)c1. The van der Waals surface area contributed by atoms with Gasteiger partial charge in [-0.15, -0.1) is 0 Å². The molecule has 0 saturated heterocycles. The van der Waals surface area contributed by atoms with Gasteiger partial charge in [-0.25, -0.2) is 16.8 Å². The topological polar surface area (TPSA) is 179 Å². The quantitative estimate of drug-likeness (QED) is 0.316. The second kappa shape index (κ2) is 9.54. The molecule has 190 valence electrons. The highest BCUT2D eigenvalue weighted by Crippen LogP contribution is 2.31. The van der Waals surface area contributed by atoms with Crippen molar-refractivity contribution < 1.29 is 26.7 Å². The molecule has 12 nitrogen and oxygen atoms in total. The molecule has 0 atom stereocenters. The zero-order valence-corrected chi connectivity index (χ0v) is 21.2. The van der Waals surface area contributed by atoms with Crippen LogP contribution in [-0.2, 0) is 20.0 Å². The first-order valence-corrected chi connectivity index (χ1v) is 13.3. The van der Waals surface area contributed by atoms with Crippen molar-refractivity contribution in [1.29, 1.82) is 0 Å². The predicted molar refractivity (Wildman–Crippen MR) is 133 cm³/mol. The van der Waals surface area contributed by atoms with Crippen LogP contribution in [0.4, 0.5) is 22.7 Å². The minimum atomic E-state index is -4.28. The zero-order valence-electron chi connectivity index (χ0n) is 19.6. The van der Waals surface area contributed by atoms with E-state index in [4.69, 9.17) is 0 Å². The molecular weight excluding hydrogens is 512 g/mol. The number of nitrogens with zero attached hydrogens (tertiary/aromatic N) is 2. The number of non-ortho nitro benzene ring substituents is 2. The molecule has 3 aromatic rings. The number of benzene rings is 3. The number of nitro groups is 2. The van der Waals surface area contributed by atoms with Gasteiger partial charge in [-0.1, -0.05) is 12.1 Å². The molecule has 3 aromatic carbocycles. The van der Waals surface area contributed by atoms with Crippen LogP contribution in [0.1, 0.15) is 22.3 Å². The molecule has 0 aliphatic carbocycles. The lowest BCUT2D eigenvalue weighted by molar-refractivity contribution is -0.385. The summed E-state index contributed by atoms with van der Waals surface area (Å²) in [4.78, 5) is 20.2. The van der Waals surface area contributed by atoms with E-state index in [1.165, 1.54) is 50.2 Å². The van der Waals surface area contributed by atoms with Crippen molar-refractivity contribution in [2.24, 2.45) is 0 Å². The minimum Gasteiger partial charge on any atom is -0.280 e. The Labute approximate surface area is 207 Å². The third-order valence-electron chi connectivity index (χ3n) is 5.51. The molecular formula is C22H22N4O8S2. The molecule has 14 heteroatoms. The molecule has 0 spiro atoms. The van der Waals surface area contributed by atoms with E-state index in [0.717, 1.165) is 12.1 Å². The molecule has 0 fully saturated rings. The smallest absolute Gasteiger partial charge is 0.270 e. The van der Waals surface area contributed by atoms with Gasteiger partial charge < -0.3 is 0 Å². The molecule has 0 amide bonds. The van der Waals surface area contributed by atoms with Crippen LogP contribution in [-0.4, -0.2) is 26.7 Å². The van der Waals surface area contributed by atoms with E-state index in [1.54, 1.807) is 13.8 Å². The van der Waals surface area contributed by atoms with Crippen molar-refractivity contribution in [3.05, 3.63) is 91.0 Å². The number of rotatable bonds is 8.